The van der Waals surface area contributed by atoms with Crippen LogP contribution in [0.2, 0.25) is 0 Å². The maximum absolute atomic E-state index is 10.5. The predicted molar refractivity (Wildman–Crippen MR) is 46.9 cm³/mol. The summed E-state index contributed by atoms with van der Waals surface area (Å²) in [4.78, 5) is 10.5. The number of phosphoric acid groups is 1. The molecule has 0 aromatic heterocycles. The van der Waals surface area contributed by atoms with Gasteiger partial charge in [0.1, 0.15) is 0 Å². The summed E-state index contributed by atoms with van der Waals surface area (Å²) in [6, 6.07) is 0. The van der Waals surface area contributed by atoms with Crippen molar-refractivity contribution in [1.29, 1.82) is 0 Å². The third-order valence-electron chi connectivity index (χ3n) is 1.20. The maximum Gasteiger partial charge on any atom is 1.00 e. The van der Waals surface area contributed by atoms with Gasteiger partial charge in [0.15, 0.2) is 0 Å². The van der Waals surface area contributed by atoms with Crippen LogP contribution in [0.3, 0.4) is 0 Å². The average molecular weight is 250 g/mol. The molecule has 6 nitrogen and oxygen atoms in total. The van der Waals surface area contributed by atoms with Gasteiger partial charge in [-0.1, -0.05) is 0 Å². The molecule has 1 rings (SSSR count). The van der Waals surface area contributed by atoms with Crippen LogP contribution in [0.4, 0.5) is 0 Å². The second-order valence-electron chi connectivity index (χ2n) is 2.40. The minimum absolute atomic E-state index is 0. The molecule has 0 amide bonds. The molecule has 8 heteroatoms. The van der Waals surface area contributed by atoms with Crippen molar-refractivity contribution in [2.45, 2.75) is 12.8 Å². The van der Waals surface area contributed by atoms with Crippen LogP contribution >= 0.6 is 7.82 Å². The Hall–Kier alpha value is 1.67. The molecule has 0 aromatic carbocycles. The molecule has 1 saturated heterocycles. The molecule has 1 aliphatic rings. The largest absolute Gasteiger partial charge is 1.00 e. The van der Waals surface area contributed by atoms with Crippen molar-refractivity contribution in [2.24, 2.45) is 11.5 Å². The van der Waals surface area contributed by atoms with Gasteiger partial charge in [-0.2, -0.15) is 0 Å². The van der Waals surface area contributed by atoms with Crippen molar-refractivity contribution in [3.63, 3.8) is 0 Å². The van der Waals surface area contributed by atoms with Crippen LogP contribution in [0.15, 0.2) is 0 Å². The first-order valence-corrected chi connectivity index (χ1v) is 5.58. The van der Waals surface area contributed by atoms with E-state index in [1.165, 1.54) is 0 Å². The summed E-state index contributed by atoms with van der Waals surface area (Å²) in [6.07, 6.45) is 1.51. The zero-order valence-electron chi connectivity index (χ0n) is 8.48. The molecule has 1 fully saturated rings. The smallest absolute Gasteiger partial charge is 0.756 e. The van der Waals surface area contributed by atoms with Gasteiger partial charge in [0.25, 0.3) is 7.82 Å². The van der Waals surface area contributed by atoms with E-state index in [0.29, 0.717) is 13.1 Å². The van der Waals surface area contributed by atoms with E-state index in [9.17, 15) is 9.46 Å². The first kappa shape index (κ1) is 18.0. The summed E-state index contributed by atoms with van der Waals surface area (Å²) in [5.74, 6) is 0. The third-order valence-corrected chi connectivity index (χ3v) is 2.20. The van der Waals surface area contributed by atoms with E-state index < -0.39 is 7.82 Å². The fourth-order valence-electron chi connectivity index (χ4n) is 0.594. The molecule has 14 heavy (non-hydrogen) atoms. The maximum atomic E-state index is 10.5. The van der Waals surface area contributed by atoms with E-state index in [0.717, 1.165) is 12.8 Å². The van der Waals surface area contributed by atoms with Crippen molar-refractivity contribution < 1.29 is 69.9 Å². The standard InChI is InChI=1S/C4H9O4P.C2H8N2.K/c5-9(6)7-3-1-2-4-8-9;3-1-2-4;/h1-4H2,(H,5,6);1-4H2;/q;;+1/p-1. The molecule has 4 N–H and O–H groups in total. The first-order valence-electron chi connectivity index (χ1n) is 4.12. The van der Waals surface area contributed by atoms with E-state index in [2.05, 4.69) is 9.05 Å². The van der Waals surface area contributed by atoms with Gasteiger partial charge < -0.3 is 25.4 Å². The summed E-state index contributed by atoms with van der Waals surface area (Å²) in [7, 11) is -3.88. The molecule has 0 spiro atoms. The van der Waals surface area contributed by atoms with Gasteiger partial charge in [0.2, 0.25) is 0 Å². The van der Waals surface area contributed by atoms with E-state index in [-0.39, 0.29) is 64.6 Å². The molecule has 0 aliphatic carbocycles. The predicted octanol–water partition coefficient (Wildman–Crippen LogP) is -3.81. The number of rotatable bonds is 1. The van der Waals surface area contributed by atoms with Crippen LogP contribution in [0.25, 0.3) is 0 Å². The molecule has 0 saturated carbocycles. The van der Waals surface area contributed by atoms with Crippen LogP contribution in [-0.4, -0.2) is 26.3 Å². The normalized spacial score (nSPS) is 19.6. The van der Waals surface area contributed by atoms with Crippen LogP contribution in [0, 0.1) is 0 Å². The van der Waals surface area contributed by atoms with Crippen molar-refractivity contribution in [1.82, 2.24) is 0 Å². The Morgan fingerprint density at radius 1 is 1.14 bits per heavy atom. The summed E-state index contributed by atoms with van der Waals surface area (Å²) in [5.41, 5.74) is 9.81. The molecule has 80 valence electrons. The zero-order valence-corrected chi connectivity index (χ0v) is 12.5. The molecule has 0 aromatic rings. The first-order chi connectivity index (χ1) is 6.12. The van der Waals surface area contributed by atoms with E-state index in [1.807, 2.05) is 0 Å². The molecular formula is C6H16KN2O4P. The van der Waals surface area contributed by atoms with Gasteiger partial charge in [0.05, 0.1) is 13.2 Å². The molecule has 0 atom stereocenters. The molecule has 0 radical (unpaired) electrons. The number of hydrogen-bond donors (Lipinski definition) is 2. The van der Waals surface area contributed by atoms with Crippen LogP contribution in [-0.2, 0) is 13.6 Å². The second-order valence-corrected chi connectivity index (χ2v) is 3.81. The second kappa shape index (κ2) is 11.2. The van der Waals surface area contributed by atoms with Crippen LogP contribution in [0.5, 0.6) is 0 Å². The average Bonchev–Trinajstić information content (AvgIpc) is 2.29. The van der Waals surface area contributed by atoms with Gasteiger partial charge in [-0.15, -0.1) is 0 Å². The van der Waals surface area contributed by atoms with Crippen molar-refractivity contribution in [2.75, 3.05) is 26.3 Å². The number of hydrogen-bond acceptors (Lipinski definition) is 6. The topological polar surface area (TPSA) is 111 Å². The van der Waals surface area contributed by atoms with Gasteiger partial charge in [-0.05, 0) is 12.8 Å². The van der Waals surface area contributed by atoms with Crippen LogP contribution < -0.4 is 67.7 Å². The SMILES string of the molecule is NCCN.O=P1([O-])OCCCCO1.[K+]. The Balaban J connectivity index is 0. The van der Waals surface area contributed by atoms with Crippen molar-refractivity contribution in [3.8, 4) is 0 Å². The van der Waals surface area contributed by atoms with E-state index >= 15 is 0 Å². The summed E-state index contributed by atoms with van der Waals surface area (Å²) < 4.78 is 19.2. The molecule has 1 aliphatic heterocycles. The Morgan fingerprint density at radius 3 is 1.79 bits per heavy atom. The molecule has 1 heterocycles. The summed E-state index contributed by atoms with van der Waals surface area (Å²) in [6.45, 7) is 1.72. The Labute approximate surface area is 127 Å². The fourth-order valence-corrected chi connectivity index (χ4v) is 1.37. The Bertz CT molecular complexity index is 158. The van der Waals surface area contributed by atoms with Gasteiger partial charge in [-0.3, -0.25) is 4.57 Å². The minimum atomic E-state index is -3.88. The van der Waals surface area contributed by atoms with Gasteiger partial charge >= 0.3 is 51.4 Å². The van der Waals surface area contributed by atoms with Gasteiger partial charge in [0, 0.05) is 13.1 Å². The zero-order chi connectivity index (χ0) is 10.2. The number of phosphoric ester groups is 1. The Morgan fingerprint density at radius 2 is 1.50 bits per heavy atom. The third kappa shape index (κ3) is 11.7. The van der Waals surface area contributed by atoms with Crippen LogP contribution in [0.1, 0.15) is 12.8 Å². The van der Waals surface area contributed by atoms with Crippen molar-refractivity contribution >= 4 is 7.82 Å². The Kier molecular flexibility index (Phi) is 14.4. The fraction of sp³-hybridized carbons (Fsp3) is 1.00. The van der Waals surface area contributed by atoms with E-state index in [4.69, 9.17) is 11.5 Å². The summed E-state index contributed by atoms with van der Waals surface area (Å²) in [5, 5.41) is 0. The number of nitrogens with two attached hydrogens (primary N) is 2. The quantitative estimate of drug-likeness (QED) is 0.364. The minimum Gasteiger partial charge on any atom is -0.756 e. The van der Waals surface area contributed by atoms with Crippen molar-refractivity contribution in [3.05, 3.63) is 0 Å². The summed E-state index contributed by atoms with van der Waals surface area (Å²) >= 11 is 0. The van der Waals surface area contributed by atoms with E-state index in [1.54, 1.807) is 0 Å². The molecule has 0 bridgehead atoms. The monoisotopic (exact) mass is 250 g/mol. The molecular weight excluding hydrogens is 234 g/mol. The van der Waals surface area contributed by atoms with Gasteiger partial charge in [-0.25, -0.2) is 0 Å². The molecule has 0 unspecified atom stereocenters.